The molecule has 0 fully saturated rings. The summed E-state index contributed by atoms with van der Waals surface area (Å²) in [5.41, 5.74) is -0.459. The number of hydrogen-bond donors (Lipinski definition) is 3. The van der Waals surface area contributed by atoms with Crippen LogP contribution in [-0.2, 0) is 9.59 Å². The highest BCUT2D eigenvalue weighted by Crippen LogP contribution is 2.44. The Balaban J connectivity index is 2.31. The highest BCUT2D eigenvalue weighted by Gasteiger charge is 2.45. The molecule has 0 unspecified atom stereocenters. The number of aryl methyl sites for hydroxylation is 2. The molecule has 0 saturated heterocycles. The van der Waals surface area contributed by atoms with E-state index in [4.69, 9.17) is 0 Å². The van der Waals surface area contributed by atoms with Crippen LogP contribution in [0.15, 0.2) is 48.5 Å². The van der Waals surface area contributed by atoms with E-state index in [2.05, 4.69) is 15.6 Å². The van der Waals surface area contributed by atoms with Crippen molar-refractivity contribution in [3.8, 4) is 5.75 Å². The van der Waals surface area contributed by atoms with E-state index in [1.54, 1.807) is 45.0 Å². The molecule has 1 aromatic heterocycles. The molecule has 3 rings (SSSR count). The van der Waals surface area contributed by atoms with Crippen molar-refractivity contribution in [2.45, 2.75) is 47.7 Å². The number of nitrogens with zero attached hydrogens (tertiary/aromatic N) is 3. The predicted molar refractivity (Wildman–Crippen MR) is 156 cm³/mol. The van der Waals surface area contributed by atoms with Gasteiger partial charge in [0.15, 0.2) is 0 Å². The zero-order valence-corrected chi connectivity index (χ0v) is 24.3. The molecule has 3 aromatic rings. The molecule has 0 bridgehead atoms. The zero-order valence-electron chi connectivity index (χ0n) is 24.3. The number of hydrogen-bond acceptors (Lipinski definition) is 6. The Morgan fingerprint density at radius 1 is 0.952 bits per heavy atom. The van der Waals surface area contributed by atoms with E-state index in [-0.39, 0.29) is 28.3 Å². The van der Waals surface area contributed by atoms with Gasteiger partial charge in [0, 0.05) is 30.6 Å². The number of rotatable bonds is 9. The molecule has 3 N–H and O–H groups in total. The molecule has 3 amide bonds. The largest absolute Gasteiger partial charge is 0.506 e. The number of carbonyl (C=O) groups is 3. The number of phenols is 1. The van der Waals surface area contributed by atoms with E-state index >= 15 is 0 Å². The molecule has 0 saturated carbocycles. The van der Waals surface area contributed by atoms with Gasteiger partial charge in [-0.15, -0.1) is 0 Å². The third-order valence-electron chi connectivity index (χ3n) is 6.52. The van der Waals surface area contributed by atoms with Crippen LogP contribution in [0, 0.1) is 19.8 Å². The lowest BCUT2D eigenvalue weighted by Gasteiger charge is -2.30. The number of phenolic OH excluding ortho intramolecular Hbond substituents is 1. The summed E-state index contributed by atoms with van der Waals surface area (Å²) >= 11 is 0. The van der Waals surface area contributed by atoms with Crippen LogP contribution < -0.4 is 20.4 Å². The average Bonchev–Trinajstić information content (AvgIpc) is 2.92. The van der Waals surface area contributed by atoms with E-state index in [9.17, 15) is 32.7 Å². The summed E-state index contributed by atoms with van der Waals surface area (Å²) in [4.78, 5) is 45.5. The molecule has 0 aliphatic carbocycles. The standard InChI is InChI=1S/C30H34F3N5O4/c1-7-37(8-2)25-14-18(5)26(19(6)34-25)38(29(42)30(31,32)33)23-15-22(36-28(41)20-12-10-9-11-13-20)24(39)16-21(23)35-27(40)17(3)4/h9-17,39H,7-8H2,1-6H3,(H,35,40)(H,36,41). The molecule has 0 aliphatic heterocycles. The lowest BCUT2D eigenvalue weighted by atomic mass is 10.1. The van der Waals surface area contributed by atoms with Gasteiger partial charge >= 0.3 is 12.1 Å². The lowest BCUT2D eigenvalue weighted by molar-refractivity contribution is -0.169. The SMILES string of the molecule is CCN(CC)c1cc(C)c(N(C(=O)C(F)(F)F)c2cc(NC(=O)c3ccccc3)c(O)cc2NC(=O)C(C)C)c(C)n1. The molecule has 0 spiro atoms. The Kier molecular flexibility index (Phi) is 9.82. The number of benzene rings is 2. The smallest absolute Gasteiger partial charge is 0.472 e. The van der Waals surface area contributed by atoms with Crippen molar-refractivity contribution in [1.82, 2.24) is 4.98 Å². The summed E-state index contributed by atoms with van der Waals surface area (Å²) in [6.45, 7) is 11.2. The van der Waals surface area contributed by atoms with Gasteiger partial charge in [-0.25, -0.2) is 4.98 Å². The molecule has 9 nitrogen and oxygen atoms in total. The number of aromatic hydroxyl groups is 1. The van der Waals surface area contributed by atoms with E-state index < -0.39 is 41.3 Å². The van der Waals surface area contributed by atoms with Crippen LogP contribution in [0.25, 0.3) is 0 Å². The van der Waals surface area contributed by atoms with Crippen molar-refractivity contribution in [2.75, 3.05) is 33.5 Å². The summed E-state index contributed by atoms with van der Waals surface area (Å²) in [6.07, 6.45) is -5.33. The predicted octanol–water partition coefficient (Wildman–Crippen LogP) is 6.32. The van der Waals surface area contributed by atoms with Gasteiger partial charge in [-0.1, -0.05) is 32.0 Å². The Bertz CT molecular complexity index is 1450. The molecular formula is C30H34F3N5O4. The fourth-order valence-electron chi connectivity index (χ4n) is 4.33. The van der Waals surface area contributed by atoms with Gasteiger partial charge in [-0.05, 0) is 57.5 Å². The minimum absolute atomic E-state index is 0.124. The molecule has 0 aliphatic rings. The summed E-state index contributed by atoms with van der Waals surface area (Å²) in [7, 11) is 0. The van der Waals surface area contributed by atoms with Crippen LogP contribution in [0.3, 0.4) is 0 Å². The first-order valence-electron chi connectivity index (χ1n) is 13.4. The second-order valence-electron chi connectivity index (χ2n) is 9.89. The number of aromatic nitrogens is 1. The van der Waals surface area contributed by atoms with Crippen LogP contribution in [0.2, 0.25) is 0 Å². The number of nitrogens with one attached hydrogen (secondary N) is 2. The van der Waals surface area contributed by atoms with E-state index in [0.29, 0.717) is 29.4 Å². The Morgan fingerprint density at radius 2 is 1.57 bits per heavy atom. The van der Waals surface area contributed by atoms with E-state index in [0.717, 1.165) is 12.1 Å². The van der Waals surface area contributed by atoms with Gasteiger partial charge in [0.1, 0.15) is 11.6 Å². The van der Waals surface area contributed by atoms with Crippen LogP contribution in [0.5, 0.6) is 5.75 Å². The molecular weight excluding hydrogens is 551 g/mol. The van der Waals surface area contributed by atoms with E-state index in [1.165, 1.54) is 19.1 Å². The first-order chi connectivity index (χ1) is 19.7. The van der Waals surface area contributed by atoms with Crippen molar-refractivity contribution >= 4 is 46.3 Å². The first kappa shape index (κ1) is 31.9. The van der Waals surface area contributed by atoms with Crippen LogP contribution in [0.1, 0.15) is 49.3 Å². The molecule has 0 radical (unpaired) electrons. The summed E-state index contributed by atoms with van der Waals surface area (Å²) < 4.78 is 42.5. The molecule has 2 aromatic carbocycles. The molecule has 12 heteroatoms. The fourth-order valence-corrected chi connectivity index (χ4v) is 4.33. The summed E-state index contributed by atoms with van der Waals surface area (Å²) in [6, 6.07) is 11.6. The van der Waals surface area contributed by atoms with Gasteiger partial charge in [0.2, 0.25) is 5.91 Å². The second kappa shape index (κ2) is 12.9. The monoisotopic (exact) mass is 585 g/mol. The highest BCUT2D eigenvalue weighted by molar-refractivity contribution is 6.11. The normalized spacial score (nSPS) is 11.3. The van der Waals surface area contributed by atoms with Gasteiger partial charge in [-0.2, -0.15) is 13.2 Å². The maximum atomic E-state index is 14.2. The number of anilines is 5. The Labute approximate surface area is 242 Å². The van der Waals surface area contributed by atoms with Crippen molar-refractivity contribution < 1.29 is 32.7 Å². The number of amides is 3. The fraction of sp³-hybridized carbons (Fsp3) is 0.333. The van der Waals surface area contributed by atoms with Crippen LogP contribution >= 0.6 is 0 Å². The highest BCUT2D eigenvalue weighted by atomic mass is 19.4. The first-order valence-corrected chi connectivity index (χ1v) is 13.4. The van der Waals surface area contributed by atoms with Gasteiger partial charge < -0.3 is 20.6 Å². The maximum absolute atomic E-state index is 14.2. The van der Waals surface area contributed by atoms with Gasteiger partial charge in [0.25, 0.3) is 5.91 Å². The molecule has 224 valence electrons. The Morgan fingerprint density at radius 3 is 2.10 bits per heavy atom. The quantitative estimate of drug-likeness (QED) is 0.253. The van der Waals surface area contributed by atoms with Crippen molar-refractivity contribution in [1.29, 1.82) is 0 Å². The molecule has 0 atom stereocenters. The summed E-state index contributed by atoms with van der Waals surface area (Å²) in [5, 5.41) is 15.7. The number of alkyl halides is 3. The van der Waals surface area contributed by atoms with Crippen molar-refractivity contribution in [2.24, 2.45) is 5.92 Å². The van der Waals surface area contributed by atoms with Crippen LogP contribution in [0.4, 0.5) is 41.7 Å². The summed E-state index contributed by atoms with van der Waals surface area (Å²) in [5.74, 6) is -4.07. The Hall–Kier alpha value is -4.61. The van der Waals surface area contributed by atoms with Crippen LogP contribution in [-0.4, -0.2) is 47.1 Å². The van der Waals surface area contributed by atoms with Crippen molar-refractivity contribution in [3.05, 3.63) is 65.4 Å². The number of pyridine rings is 1. The third-order valence-corrected chi connectivity index (χ3v) is 6.52. The van der Waals surface area contributed by atoms with Gasteiger partial charge in [0.05, 0.1) is 28.4 Å². The van der Waals surface area contributed by atoms with Gasteiger partial charge in [-0.3, -0.25) is 19.3 Å². The third kappa shape index (κ3) is 6.99. The second-order valence-corrected chi connectivity index (χ2v) is 9.89. The number of halogens is 3. The number of carbonyl (C=O) groups excluding carboxylic acids is 3. The molecule has 42 heavy (non-hydrogen) atoms. The lowest BCUT2D eigenvalue weighted by Crippen LogP contribution is -2.39. The minimum Gasteiger partial charge on any atom is -0.506 e. The minimum atomic E-state index is -5.33. The molecule has 1 heterocycles. The van der Waals surface area contributed by atoms with Crippen molar-refractivity contribution in [3.63, 3.8) is 0 Å². The van der Waals surface area contributed by atoms with E-state index in [1.807, 2.05) is 18.7 Å². The average molecular weight is 586 g/mol. The zero-order chi connectivity index (χ0) is 31.4. The maximum Gasteiger partial charge on any atom is 0.472 e. The topological polar surface area (TPSA) is 115 Å².